The smallest absolute Gasteiger partial charge is 0.419 e. The first kappa shape index (κ1) is 13.4. The molecule has 0 saturated carbocycles. The molecule has 0 bridgehead atoms. The Bertz CT molecular complexity index is 608. The SMILES string of the molecule is Cc1cn(C(=O)OC(C)(C)C)c2cccc(I)c12. The number of aromatic nitrogens is 1. The molecule has 18 heavy (non-hydrogen) atoms. The lowest BCUT2D eigenvalue weighted by Gasteiger charge is -2.19. The third-order valence-electron chi connectivity index (χ3n) is 2.56. The molecule has 1 aromatic carbocycles. The van der Waals surface area contributed by atoms with E-state index < -0.39 is 5.60 Å². The maximum absolute atomic E-state index is 12.1. The molecular formula is C14H16INO2. The Kier molecular flexibility index (Phi) is 3.40. The van der Waals surface area contributed by atoms with Crippen molar-refractivity contribution in [2.75, 3.05) is 0 Å². The number of ether oxygens (including phenoxy) is 1. The van der Waals surface area contributed by atoms with Gasteiger partial charge in [-0.15, -0.1) is 0 Å². The standard InChI is InChI=1S/C14H16INO2/c1-9-8-16(13(17)18-14(2,3)4)11-7-5-6-10(15)12(9)11/h5-8H,1-4H3. The average molecular weight is 357 g/mol. The molecule has 0 saturated heterocycles. The average Bonchev–Trinajstić information content (AvgIpc) is 2.55. The summed E-state index contributed by atoms with van der Waals surface area (Å²) >= 11 is 2.28. The zero-order valence-electron chi connectivity index (χ0n) is 11.0. The summed E-state index contributed by atoms with van der Waals surface area (Å²) in [7, 11) is 0. The van der Waals surface area contributed by atoms with Crippen LogP contribution < -0.4 is 0 Å². The van der Waals surface area contributed by atoms with Crippen LogP contribution in [0.3, 0.4) is 0 Å². The van der Waals surface area contributed by atoms with E-state index in [9.17, 15) is 4.79 Å². The van der Waals surface area contributed by atoms with Crippen LogP contribution in [0.2, 0.25) is 0 Å². The number of nitrogens with zero attached hydrogens (tertiary/aromatic N) is 1. The minimum absolute atomic E-state index is 0.331. The minimum atomic E-state index is -0.483. The van der Waals surface area contributed by atoms with Gasteiger partial charge in [-0.1, -0.05) is 6.07 Å². The van der Waals surface area contributed by atoms with Crippen molar-refractivity contribution in [1.82, 2.24) is 4.57 Å². The number of aryl methyl sites for hydroxylation is 1. The van der Waals surface area contributed by atoms with Gasteiger partial charge in [0.25, 0.3) is 0 Å². The summed E-state index contributed by atoms with van der Waals surface area (Å²) in [5, 5.41) is 1.11. The van der Waals surface area contributed by atoms with E-state index in [1.165, 1.54) is 0 Å². The Hall–Kier alpha value is -1.04. The first-order chi connectivity index (χ1) is 8.29. The molecule has 0 unspecified atom stereocenters. The van der Waals surface area contributed by atoms with E-state index in [0.29, 0.717) is 0 Å². The van der Waals surface area contributed by atoms with Gasteiger partial charge in [0.05, 0.1) is 5.52 Å². The van der Waals surface area contributed by atoms with Crippen LogP contribution >= 0.6 is 22.6 Å². The molecule has 0 spiro atoms. The second-order valence-corrected chi connectivity index (χ2v) is 6.46. The molecule has 0 N–H and O–H groups in total. The van der Waals surface area contributed by atoms with E-state index in [4.69, 9.17) is 4.74 Å². The summed E-state index contributed by atoms with van der Waals surface area (Å²) < 4.78 is 8.13. The Labute approximate surface area is 120 Å². The largest absolute Gasteiger partial charge is 0.443 e. The molecule has 0 amide bonds. The molecule has 0 atom stereocenters. The highest BCUT2D eigenvalue weighted by Crippen LogP contribution is 2.26. The van der Waals surface area contributed by atoms with E-state index >= 15 is 0 Å². The summed E-state index contributed by atoms with van der Waals surface area (Å²) in [4.78, 5) is 12.1. The minimum Gasteiger partial charge on any atom is -0.443 e. The van der Waals surface area contributed by atoms with Gasteiger partial charge in [0.1, 0.15) is 5.60 Å². The van der Waals surface area contributed by atoms with Gasteiger partial charge >= 0.3 is 6.09 Å². The van der Waals surface area contributed by atoms with Crippen molar-refractivity contribution in [2.45, 2.75) is 33.3 Å². The van der Waals surface area contributed by atoms with Crippen LogP contribution in [0.4, 0.5) is 4.79 Å². The monoisotopic (exact) mass is 357 g/mol. The summed E-state index contributed by atoms with van der Waals surface area (Å²) in [6.07, 6.45) is 1.50. The van der Waals surface area contributed by atoms with Crippen molar-refractivity contribution in [3.8, 4) is 0 Å². The van der Waals surface area contributed by atoms with Gasteiger partial charge in [0.2, 0.25) is 0 Å². The molecule has 0 aliphatic heterocycles. The molecular weight excluding hydrogens is 341 g/mol. The number of rotatable bonds is 0. The van der Waals surface area contributed by atoms with Crippen LogP contribution in [0.5, 0.6) is 0 Å². The molecule has 1 aromatic heterocycles. The summed E-state index contributed by atoms with van der Waals surface area (Å²) in [5.74, 6) is 0. The normalized spacial score (nSPS) is 11.8. The second kappa shape index (κ2) is 4.57. The maximum atomic E-state index is 12.1. The number of halogens is 1. The lowest BCUT2D eigenvalue weighted by atomic mass is 10.2. The third-order valence-corrected chi connectivity index (χ3v) is 3.46. The summed E-state index contributed by atoms with van der Waals surface area (Å²) in [6.45, 7) is 7.61. The number of hydrogen-bond acceptors (Lipinski definition) is 2. The molecule has 3 nitrogen and oxygen atoms in total. The Morgan fingerprint density at radius 1 is 1.33 bits per heavy atom. The van der Waals surface area contributed by atoms with Crippen molar-refractivity contribution >= 4 is 39.6 Å². The summed E-state index contributed by atoms with van der Waals surface area (Å²) in [5.41, 5.74) is 1.50. The first-order valence-electron chi connectivity index (χ1n) is 5.79. The molecule has 0 aliphatic rings. The fraction of sp³-hybridized carbons (Fsp3) is 0.357. The van der Waals surface area contributed by atoms with Gasteiger partial charge in [0.15, 0.2) is 0 Å². The predicted molar refractivity (Wildman–Crippen MR) is 81.0 cm³/mol. The number of carbonyl (C=O) groups is 1. The van der Waals surface area contributed by atoms with Crippen LogP contribution in [0, 0.1) is 10.5 Å². The quantitative estimate of drug-likeness (QED) is 0.657. The molecule has 0 aliphatic carbocycles. The van der Waals surface area contributed by atoms with Crippen LogP contribution in [0.25, 0.3) is 10.9 Å². The molecule has 0 fully saturated rings. The maximum Gasteiger partial charge on any atom is 0.419 e. The van der Waals surface area contributed by atoms with Crippen molar-refractivity contribution in [1.29, 1.82) is 0 Å². The second-order valence-electron chi connectivity index (χ2n) is 5.30. The number of fused-ring (bicyclic) bond motifs is 1. The summed E-state index contributed by atoms with van der Waals surface area (Å²) in [6, 6.07) is 5.92. The molecule has 0 radical (unpaired) electrons. The van der Waals surface area contributed by atoms with Gasteiger partial charge in [-0.25, -0.2) is 4.79 Å². The van der Waals surface area contributed by atoms with Crippen LogP contribution in [-0.4, -0.2) is 16.3 Å². The van der Waals surface area contributed by atoms with E-state index in [-0.39, 0.29) is 6.09 Å². The Morgan fingerprint density at radius 2 is 2.00 bits per heavy atom. The van der Waals surface area contributed by atoms with E-state index in [1.807, 2.05) is 52.1 Å². The third kappa shape index (κ3) is 2.53. The van der Waals surface area contributed by atoms with E-state index in [1.54, 1.807) is 4.57 Å². The predicted octanol–water partition coefficient (Wildman–Crippen LogP) is 4.34. The van der Waals surface area contributed by atoms with Crippen molar-refractivity contribution in [2.24, 2.45) is 0 Å². The van der Waals surface area contributed by atoms with Crippen molar-refractivity contribution in [3.63, 3.8) is 0 Å². The first-order valence-corrected chi connectivity index (χ1v) is 6.87. The van der Waals surface area contributed by atoms with Gasteiger partial charge in [-0.3, -0.25) is 4.57 Å². The van der Waals surface area contributed by atoms with E-state index in [0.717, 1.165) is 20.0 Å². The molecule has 4 heteroatoms. The fourth-order valence-corrected chi connectivity index (χ4v) is 2.80. The zero-order valence-corrected chi connectivity index (χ0v) is 13.1. The molecule has 2 rings (SSSR count). The Balaban J connectivity index is 2.53. The Morgan fingerprint density at radius 3 is 2.61 bits per heavy atom. The number of benzene rings is 1. The number of hydrogen-bond donors (Lipinski definition) is 0. The van der Waals surface area contributed by atoms with E-state index in [2.05, 4.69) is 22.6 Å². The van der Waals surface area contributed by atoms with Crippen LogP contribution in [-0.2, 0) is 4.74 Å². The van der Waals surface area contributed by atoms with Crippen LogP contribution in [0.15, 0.2) is 24.4 Å². The van der Waals surface area contributed by atoms with Gasteiger partial charge in [-0.05, 0) is 68.0 Å². The lowest BCUT2D eigenvalue weighted by molar-refractivity contribution is 0.0544. The molecule has 1 heterocycles. The molecule has 96 valence electrons. The van der Waals surface area contributed by atoms with Gasteiger partial charge in [0, 0.05) is 15.2 Å². The number of carbonyl (C=O) groups excluding carboxylic acids is 1. The van der Waals surface area contributed by atoms with Crippen LogP contribution in [0.1, 0.15) is 26.3 Å². The highest BCUT2D eigenvalue weighted by Gasteiger charge is 2.20. The molecule has 2 aromatic rings. The highest BCUT2D eigenvalue weighted by molar-refractivity contribution is 14.1. The van der Waals surface area contributed by atoms with Crippen molar-refractivity contribution in [3.05, 3.63) is 33.5 Å². The highest BCUT2D eigenvalue weighted by atomic mass is 127. The zero-order chi connectivity index (χ0) is 13.5. The topological polar surface area (TPSA) is 31.2 Å². The van der Waals surface area contributed by atoms with Crippen molar-refractivity contribution < 1.29 is 9.53 Å². The fourth-order valence-electron chi connectivity index (χ4n) is 1.89. The lowest BCUT2D eigenvalue weighted by Crippen LogP contribution is -2.26. The van der Waals surface area contributed by atoms with Gasteiger partial charge in [-0.2, -0.15) is 0 Å². The van der Waals surface area contributed by atoms with Gasteiger partial charge < -0.3 is 4.74 Å².